The average Bonchev–Trinajstić information content (AvgIpc) is 2.78. The number of hydrogen-bond acceptors (Lipinski definition) is 4. The number of piperidine rings is 1. The van der Waals surface area contributed by atoms with Crippen molar-refractivity contribution < 1.29 is 0 Å². The maximum atomic E-state index is 4.51. The molecule has 0 saturated carbocycles. The Labute approximate surface area is 138 Å². The van der Waals surface area contributed by atoms with Gasteiger partial charge in [0.15, 0.2) is 0 Å². The summed E-state index contributed by atoms with van der Waals surface area (Å²) in [6, 6.07) is 6.86. The number of nitrogens with zero attached hydrogens (tertiary/aromatic N) is 5. The fraction of sp³-hybridized carbons (Fsp3) is 0.556. The Morgan fingerprint density at radius 3 is 2.78 bits per heavy atom. The number of aryl methyl sites for hydroxylation is 1. The van der Waals surface area contributed by atoms with Crippen LogP contribution in [0, 0.1) is 5.92 Å². The zero-order chi connectivity index (χ0) is 15.6. The third-order valence-electron chi connectivity index (χ3n) is 5.28. The van der Waals surface area contributed by atoms with Gasteiger partial charge in [0, 0.05) is 57.9 Å². The number of imidazole rings is 1. The third-order valence-corrected chi connectivity index (χ3v) is 5.28. The molecule has 2 atom stereocenters. The van der Waals surface area contributed by atoms with Crippen LogP contribution in [0.1, 0.15) is 24.4 Å². The van der Waals surface area contributed by atoms with Gasteiger partial charge >= 0.3 is 0 Å². The summed E-state index contributed by atoms with van der Waals surface area (Å²) in [5, 5.41) is 0. The normalized spacial score (nSPS) is 25.6. The molecule has 0 N–H and O–H groups in total. The molecule has 0 radical (unpaired) electrons. The number of aromatic nitrogens is 3. The monoisotopic (exact) mass is 311 g/mol. The lowest BCUT2D eigenvalue weighted by Crippen LogP contribution is -2.43. The predicted octanol–water partition coefficient (Wildman–Crippen LogP) is 1.91. The average molecular weight is 311 g/mol. The fourth-order valence-electron chi connectivity index (χ4n) is 4.05. The molecule has 5 nitrogen and oxygen atoms in total. The smallest absolute Gasteiger partial charge is 0.122 e. The Hall–Kier alpha value is -1.72. The summed E-state index contributed by atoms with van der Waals surface area (Å²) >= 11 is 0. The first kappa shape index (κ1) is 14.8. The van der Waals surface area contributed by atoms with E-state index in [9.17, 15) is 0 Å². The maximum Gasteiger partial charge on any atom is 0.122 e. The molecule has 5 heterocycles. The Morgan fingerprint density at radius 2 is 2.00 bits per heavy atom. The minimum Gasteiger partial charge on any atom is -0.337 e. The zero-order valence-electron chi connectivity index (χ0n) is 13.8. The molecule has 3 aliphatic heterocycles. The van der Waals surface area contributed by atoms with Crippen molar-refractivity contribution in [1.82, 2.24) is 24.3 Å². The third kappa shape index (κ3) is 3.31. The summed E-state index contributed by atoms with van der Waals surface area (Å²) in [6.45, 7) is 5.50. The Bertz CT molecular complexity index is 638. The van der Waals surface area contributed by atoms with Crippen LogP contribution in [0.15, 0.2) is 36.8 Å². The molecule has 3 aliphatic rings. The largest absolute Gasteiger partial charge is 0.337 e. The van der Waals surface area contributed by atoms with E-state index in [2.05, 4.69) is 43.5 Å². The van der Waals surface area contributed by atoms with E-state index in [4.69, 9.17) is 0 Å². The molecule has 0 spiro atoms. The van der Waals surface area contributed by atoms with Gasteiger partial charge in [0.1, 0.15) is 5.82 Å². The topological polar surface area (TPSA) is 37.2 Å². The van der Waals surface area contributed by atoms with Gasteiger partial charge in [0.05, 0.1) is 12.2 Å². The van der Waals surface area contributed by atoms with Gasteiger partial charge in [0.2, 0.25) is 0 Å². The molecule has 3 saturated heterocycles. The second-order valence-electron chi connectivity index (χ2n) is 7.00. The van der Waals surface area contributed by atoms with Crippen LogP contribution in [0.2, 0.25) is 0 Å². The van der Waals surface area contributed by atoms with Crippen molar-refractivity contribution in [2.45, 2.75) is 32.0 Å². The van der Waals surface area contributed by atoms with Crippen molar-refractivity contribution in [3.05, 3.63) is 48.3 Å². The van der Waals surface area contributed by atoms with Gasteiger partial charge in [0.25, 0.3) is 0 Å². The Kier molecular flexibility index (Phi) is 4.14. The van der Waals surface area contributed by atoms with Crippen LogP contribution >= 0.6 is 0 Å². The lowest BCUT2D eigenvalue weighted by Gasteiger charge is -2.35. The van der Waals surface area contributed by atoms with Crippen molar-refractivity contribution in [2.75, 3.05) is 19.6 Å². The van der Waals surface area contributed by atoms with E-state index in [1.807, 2.05) is 24.7 Å². The number of hydrogen-bond donors (Lipinski definition) is 0. The quantitative estimate of drug-likeness (QED) is 0.864. The highest BCUT2D eigenvalue weighted by Gasteiger charge is 2.35. The van der Waals surface area contributed by atoms with Crippen LogP contribution in [0.5, 0.6) is 0 Å². The van der Waals surface area contributed by atoms with Crippen molar-refractivity contribution in [2.24, 2.45) is 13.0 Å². The Balaban J connectivity index is 1.45. The summed E-state index contributed by atoms with van der Waals surface area (Å²) in [4.78, 5) is 14.3. The highest BCUT2D eigenvalue weighted by Crippen LogP contribution is 2.29. The minimum atomic E-state index is 0.647. The van der Waals surface area contributed by atoms with Crippen molar-refractivity contribution in [1.29, 1.82) is 0 Å². The Morgan fingerprint density at radius 1 is 1.04 bits per heavy atom. The zero-order valence-corrected chi connectivity index (χ0v) is 13.8. The van der Waals surface area contributed by atoms with Crippen molar-refractivity contribution in [3.63, 3.8) is 0 Å². The minimum absolute atomic E-state index is 0.647. The van der Waals surface area contributed by atoms with Gasteiger partial charge < -0.3 is 4.57 Å². The summed E-state index contributed by atoms with van der Waals surface area (Å²) in [5.74, 6) is 1.95. The molecular weight excluding hydrogens is 286 g/mol. The van der Waals surface area contributed by atoms with Crippen LogP contribution in [0.4, 0.5) is 0 Å². The van der Waals surface area contributed by atoms with Crippen LogP contribution in [0.25, 0.3) is 0 Å². The van der Waals surface area contributed by atoms with Gasteiger partial charge in [-0.15, -0.1) is 0 Å². The maximum absolute atomic E-state index is 4.51. The van der Waals surface area contributed by atoms with Crippen LogP contribution in [0.3, 0.4) is 0 Å². The molecule has 122 valence electrons. The molecule has 2 aromatic heterocycles. The first-order valence-corrected chi connectivity index (χ1v) is 8.60. The number of pyridine rings is 1. The molecule has 0 aliphatic carbocycles. The lowest BCUT2D eigenvalue weighted by molar-refractivity contribution is 0.119. The van der Waals surface area contributed by atoms with Gasteiger partial charge in [-0.25, -0.2) is 4.98 Å². The van der Waals surface area contributed by atoms with Crippen LogP contribution in [-0.4, -0.2) is 50.0 Å². The molecule has 0 unspecified atom stereocenters. The standard InChI is InChI=1S/C18H25N5/c1-21-9-8-20-18(21)14-23-11-15-5-6-17(23)13-22(10-15)12-16-4-2-3-7-19-16/h2-4,7-9,15,17H,5-6,10-14H2,1H3/t15-,17+/m0/s1. The first-order valence-electron chi connectivity index (χ1n) is 8.60. The summed E-state index contributed by atoms with van der Waals surface area (Å²) in [5.41, 5.74) is 1.18. The second-order valence-corrected chi connectivity index (χ2v) is 7.00. The summed E-state index contributed by atoms with van der Waals surface area (Å²) in [6.07, 6.45) is 8.51. The van der Waals surface area contributed by atoms with Gasteiger partial charge in [-0.1, -0.05) is 6.07 Å². The second kappa shape index (κ2) is 6.42. The first-order chi connectivity index (χ1) is 11.3. The van der Waals surface area contributed by atoms with Crippen LogP contribution < -0.4 is 0 Å². The van der Waals surface area contributed by atoms with Crippen molar-refractivity contribution in [3.8, 4) is 0 Å². The molecule has 5 rings (SSSR count). The van der Waals surface area contributed by atoms with E-state index < -0.39 is 0 Å². The van der Waals surface area contributed by atoms with E-state index in [0.29, 0.717) is 6.04 Å². The van der Waals surface area contributed by atoms with Crippen molar-refractivity contribution >= 4 is 0 Å². The van der Waals surface area contributed by atoms with Crippen LogP contribution in [-0.2, 0) is 20.1 Å². The lowest BCUT2D eigenvalue weighted by atomic mass is 9.95. The van der Waals surface area contributed by atoms with E-state index >= 15 is 0 Å². The highest BCUT2D eigenvalue weighted by molar-refractivity contribution is 5.04. The molecule has 0 amide bonds. The number of rotatable bonds is 4. The molecule has 23 heavy (non-hydrogen) atoms. The van der Waals surface area contributed by atoms with E-state index in [1.165, 1.54) is 37.4 Å². The van der Waals surface area contributed by atoms with E-state index in [-0.39, 0.29) is 0 Å². The van der Waals surface area contributed by atoms with Gasteiger partial charge in [-0.05, 0) is 30.9 Å². The number of fused-ring (bicyclic) bond motifs is 4. The van der Waals surface area contributed by atoms with E-state index in [0.717, 1.165) is 25.6 Å². The highest BCUT2D eigenvalue weighted by atomic mass is 15.3. The molecule has 5 heteroatoms. The fourth-order valence-corrected chi connectivity index (χ4v) is 4.05. The summed E-state index contributed by atoms with van der Waals surface area (Å²) in [7, 11) is 2.09. The van der Waals surface area contributed by atoms with Gasteiger partial charge in [-0.3, -0.25) is 14.8 Å². The molecule has 2 bridgehead atoms. The molecule has 3 fully saturated rings. The predicted molar refractivity (Wildman–Crippen MR) is 89.6 cm³/mol. The molecular formula is C18H25N5. The summed E-state index contributed by atoms with van der Waals surface area (Å²) < 4.78 is 2.14. The van der Waals surface area contributed by atoms with Gasteiger partial charge in [-0.2, -0.15) is 0 Å². The van der Waals surface area contributed by atoms with E-state index in [1.54, 1.807) is 0 Å². The molecule has 0 aromatic carbocycles. The SMILES string of the molecule is Cn1ccnc1CN1C[C@H]2CC[C@@H]1CN(Cc1ccccn1)C2. The molecule has 2 aromatic rings.